The minimum absolute atomic E-state index is 0.884. The van der Waals surface area contributed by atoms with Crippen LogP contribution in [0.15, 0.2) is 12.7 Å². The van der Waals surface area contributed by atoms with Gasteiger partial charge in [0, 0.05) is 0 Å². The topological polar surface area (TPSA) is 0 Å². The molecule has 0 aromatic carbocycles. The highest BCUT2D eigenvalue weighted by Crippen LogP contribution is 1.93. The molecule has 0 aliphatic rings. The van der Waals surface area contributed by atoms with Crippen molar-refractivity contribution in [1.29, 1.82) is 0 Å². The van der Waals surface area contributed by atoms with Gasteiger partial charge in [-0.25, -0.2) is 0 Å². The molecule has 70 valence electrons. The van der Waals surface area contributed by atoms with E-state index >= 15 is 0 Å². The van der Waals surface area contributed by atoms with Gasteiger partial charge in [0.05, 0.1) is 0 Å². The number of hydrogen-bond acceptors (Lipinski definition) is 0. The molecule has 0 nitrogen and oxygen atoms in total. The van der Waals surface area contributed by atoms with Crippen LogP contribution in [-0.4, -0.2) is 0 Å². The van der Waals surface area contributed by atoms with E-state index in [0.29, 0.717) is 0 Å². The van der Waals surface area contributed by atoms with Crippen LogP contribution in [0.3, 0.4) is 0 Å². The second-order valence-electron chi connectivity index (χ2n) is 2.50. The Bertz CT molecular complexity index is 44.0. The molecule has 0 N–H and O–H groups in total. The first-order valence-electron chi connectivity index (χ1n) is 4.79. The van der Waals surface area contributed by atoms with Crippen LogP contribution in [0.4, 0.5) is 0 Å². The smallest absolute Gasteiger partial charge is 0.0382 e. The largest absolute Gasteiger partial charge is 0.103 e. The fourth-order valence-electron chi connectivity index (χ4n) is 0. The molecule has 0 atom stereocenters. The van der Waals surface area contributed by atoms with Crippen molar-refractivity contribution in [2.24, 2.45) is 5.92 Å². The summed E-state index contributed by atoms with van der Waals surface area (Å²) in [7, 11) is 0. The lowest BCUT2D eigenvalue weighted by molar-refractivity contribution is 0.626. The highest BCUT2D eigenvalue weighted by atomic mass is 13.9. The molecular formula is C11H26. The van der Waals surface area contributed by atoms with Crippen molar-refractivity contribution < 1.29 is 0 Å². The Labute approximate surface area is 73.7 Å². The molecule has 0 rings (SSSR count). The fourth-order valence-corrected chi connectivity index (χ4v) is 0. The monoisotopic (exact) mass is 158 g/mol. The lowest BCUT2D eigenvalue weighted by Crippen LogP contribution is -1.77. The zero-order valence-corrected chi connectivity index (χ0v) is 9.28. The van der Waals surface area contributed by atoms with Gasteiger partial charge in [0.25, 0.3) is 0 Å². The number of rotatable bonds is 2. The van der Waals surface area contributed by atoms with E-state index in [1.807, 2.05) is 19.9 Å². The van der Waals surface area contributed by atoms with Crippen LogP contribution in [0.25, 0.3) is 0 Å². The van der Waals surface area contributed by atoms with Crippen molar-refractivity contribution >= 4 is 0 Å². The summed E-state index contributed by atoms with van der Waals surface area (Å²) in [5, 5.41) is 0. The Hall–Kier alpha value is -0.260. The van der Waals surface area contributed by atoms with Crippen LogP contribution in [0.2, 0.25) is 0 Å². The van der Waals surface area contributed by atoms with Crippen LogP contribution in [-0.2, 0) is 0 Å². The molecule has 0 radical (unpaired) electrons. The summed E-state index contributed by atoms with van der Waals surface area (Å²) in [6.45, 7) is 16.2. The highest BCUT2D eigenvalue weighted by Gasteiger charge is 1.80. The van der Waals surface area contributed by atoms with Gasteiger partial charge in [0.1, 0.15) is 0 Å². The van der Waals surface area contributed by atoms with Crippen molar-refractivity contribution in [1.82, 2.24) is 0 Å². The molecule has 0 aromatic heterocycles. The maximum Gasteiger partial charge on any atom is -0.0382 e. The zero-order valence-electron chi connectivity index (χ0n) is 9.28. The van der Waals surface area contributed by atoms with Crippen LogP contribution < -0.4 is 0 Å². The summed E-state index contributed by atoms with van der Waals surface area (Å²) >= 11 is 0. The van der Waals surface area contributed by atoms with Gasteiger partial charge < -0.3 is 0 Å². The van der Waals surface area contributed by atoms with E-state index in [1.54, 1.807) is 0 Å². The van der Waals surface area contributed by atoms with Crippen LogP contribution in [0.5, 0.6) is 0 Å². The Kier molecular flexibility index (Phi) is 34.9. The van der Waals surface area contributed by atoms with Gasteiger partial charge >= 0.3 is 0 Å². The molecule has 11 heavy (non-hydrogen) atoms. The first kappa shape index (κ1) is 17.0. The van der Waals surface area contributed by atoms with Gasteiger partial charge in [0.15, 0.2) is 0 Å². The van der Waals surface area contributed by atoms with Gasteiger partial charge in [-0.3, -0.25) is 0 Å². The third kappa shape index (κ3) is 77.7. The predicted molar refractivity (Wildman–Crippen MR) is 57.0 cm³/mol. The van der Waals surface area contributed by atoms with Crippen molar-refractivity contribution in [2.75, 3.05) is 0 Å². The molecule has 0 spiro atoms. The Balaban J connectivity index is -0.0000000965. The third-order valence-corrected chi connectivity index (χ3v) is 1.11. The minimum atomic E-state index is 0.884. The molecule has 0 amide bonds. The lowest BCUT2D eigenvalue weighted by atomic mass is 10.2. The third-order valence-electron chi connectivity index (χ3n) is 1.11. The van der Waals surface area contributed by atoms with E-state index in [-0.39, 0.29) is 0 Å². The molecule has 0 saturated heterocycles. The first-order valence-corrected chi connectivity index (χ1v) is 4.79. The molecule has 0 saturated carbocycles. The molecule has 0 unspecified atom stereocenters. The highest BCUT2D eigenvalue weighted by molar-refractivity contribution is 4.60. The average molecular weight is 158 g/mol. The van der Waals surface area contributed by atoms with Gasteiger partial charge in [-0.1, -0.05) is 54.0 Å². The second-order valence-corrected chi connectivity index (χ2v) is 2.50. The van der Waals surface area contributed by atoms with E-state index in [4.69, 9.17) is 0 Å². The summed E-state index contributed by atoms with van der Waals surface area (Å²) in [4.78, 5) is 0. The molecule has 0 aromatic rings. The average Bonchev–Trinajstić information content (AvgIpc) is 2.08. The predicted octanol–water partition coefficient (Wildman–Crippen LogP) is 4.66. The summed E-state index contributed by atoms with van der Waals surface area (Å²) in [6.07, 6.45) is 4.26. The minimum Gasteiger partial charge on any atom is -0.103 e. The maximum absolute atomic E-state index is 3.48. The molecule has 0 aliphatic heterocycles. The van der Waals surface area contributed by atoms with E-state index in [1.165, 1.54) is 6.42 Å². The molecule has 0 aliphatic carbocycles. The van der Waals surface area contributed by atoms with E-state index < -0.39 is 0 Å². The van der Waals surface area contributed by atoms with E-state index in [9.17, 15) is 0 Å². The summed E-state index contributed by atoms with van der Waals surface area (Å²) in [5.41, 5.74) is 0. The number of hydrogen-bond donors (Lipinski definition) is 0. The Morgan fingerprint density at radius 2 is 1.36 bits per heavy atom. The quantitative estimate of drug-likeness (QED) is 0.513. The van der Waals surface area contributed by atoms with Gasteiger partial charge in [-0.15, -0.1) is 6.58 Å². The van der Waals surface area contributed by atoms with Crippen LogP contribution >= 0.6 is 0 Å². The van der Waals surface area contributed by atoms with Gasteiger partial charge in [0.2, 0.25) is 0 Å². The fraction of sp³-hybridized carbons (Fsp3) is 0.818. The van der Waals surface area contributed by atoms with Crippen LogP contribution in [0.1, 0.15) is 54.4 Å². The standard InChI is InChI=1S/C5H12.C4H8.C2H6/c1-4-5(2)3;1-3-4-2;1-2/h5H,4H2,1-3H3;3H,1,4H2,2H3;1-2H3. The van der Waals surface area contributed by atoms with E-state index in [2.05, 4.69) is 34.3 Å². The van der Waals surface area contributed by atoms with Crippen LogP contribution in [0, 0.1) is 5.92 Å². The molecule has 0 heterocycles. The van der Waals surface area contributed by atoms with Crippen molar-refractivity contribution in [3.63, 3.8) is 0 Å². The van der Waals surface area contributed by atoms with Gasteiger partial charge in [-0.05, 0) is 12.3 Å². The number of allylic oxidation sites excluding steroid dienone is 1. The molecular weight excluding hydrogens is 132 g/mol. The molecule has 0 bridgehead atoms. The van der Waals surface area contributed by atoms with Crippen molar-refractivity contribution in [3.05, 3.63) is 12.7 Å². The van der Waals surface area contributed by atoms with Gasteiger partial charge in [-0.2, -0.15) is 0 Å². The van der Waals surface area contributed by atoms with Crippen molar-refractivity contribution in [3.8, 4) is 0 Å². The summed E-state index contributed by atoms with van der Waals surface area (Å²) in [5.74, 6) is 0.884. The summed E-state index contributed by atoms with van der Waals surface area (Å²) in [6, 6.07) is 0. The zero-order chi connectivity index (χ0) is 9.70. The molecule has 0 fully saturated rings. The van der Waals surface area contributed by atoms with Crippen molar-refractivity contribution in [2.45, 2.75) is 54.4 Å². The lowest BCUT2D eigenvalue weighted by Gasteiger charge is -1.90. The SMILES string of the molecule is C=CCC.CC.CCC(C)C. The molecule has 0 heteroatoms. The Morgan fingerprint density at radius 3 is 1.36 bits per heavy atom. The maximum atomic E-state index is 3.48. The first-order chi connectivity index (χ1) is 5.18. The normalized spacial score (nSPS) is 7.18. The summed E-state index contributed by atoms with van der Waals surface area (Å²) < 4.78 is 0. The van der Waals surface area contributed by atoms with E-state index in [0.717, 1.165) is 12.3 Å². The Morgan fingerprint density at radius 1 is 1.18 bits per heavy atom. The second kappa shape index (κ2) is 22.6.